The van der Waals surface area contributed by atoms with Crippen molar-refractivity contribution >= 4 is 41.3 Å². The molecule has 0 saturated heterocycles. The zero-order valence-corrected chi connectivity index (χ0v) is 14.7. The largest absolute Gasteiger partial charge is 0.443 e. The van der Waals surface area contributed by atoms with E-state index in [2.05, 4.69) is 23.8 Å². The van der Waals surface area contributed by atoms with E-state index in [0.29, 0.717) is 18.4 Å². The fourth-order valence-corrected chi connectivity index (χ4v) is 2.36. The Morgan fingerprint density at radius 1 is 1.45 bits per heavy atom. The van der Waals surface area contributed by atoms with Gasteiger partial charge in [0.25, 0.3) is 0 Å². The first-order valence-corrected chi connectivity index (χ1v) is 7.15. The van der Waals surface area contributed by atoms with Gasteiger partial charge in [0.2, 0.25) is 5.89 Å². The van der Waals surface area contributed by atoms with E-state index in [1.165, 1.54) is 0 Å². The van der Waals surface area contributed by atoms with E-state index in [9.17, 15) is 0 Å². The molecule has 2 aromatic rings. The van der Waals surface area contributed by atoms with E-state index < -0.39 is 0 Å². The monoisotopic (exact) mass is 406 g/mol. The molecule has 0 amide bonds. The molecule has 0 aromatic carbocycles. The number of thiophene rings is 1. The van der Waals surface area contributed by atoms with Gasteiger partial charge in [-0.1, -0.05) is 6.07 Å². The summed E-state index contributed by atoms with van der Waals surface area (Å²) in [5, 5.41) is 2.00. The Kier molecular flexibility index (Phi) is 7.00. The van der Waals surface area contributed by atoms with Crippen molar-refractivity contribution in [2.24, 2.45) is 10.7 Å². The second-order valence-electron chi connectivity index (χ2n) is 3.97. The highest BCUT2D eigenvalue weighted by Crippen LogP contribution is 2.23. The first-order chi connectivity index (χ1) is 9.24. The fourth-order valence-electron chi connectivity index (χ4n) is 1.70. The van der Waals surface area contributed by atoms with Crippen molar-refractivity contribution in [1.29, 1.82) is 0 Å². The van der Waals surface area contributed by atoms with Crippen LogP contribution in [0, 0.1) is 0 Å². The number of hydrogen-bond donors (Lipinski definition) is 1. The Labute approximate surface area is 139 Å². The molecule has 0 fully saturated rings. The second-order valence-corrected chi connectivity index (χ2v) is 4.92. The highest BCUT2D eigenvalue weighted by Gasteiger charge is 2.08. The lowest BCUT2D eigenvalue weighted by Crippen LogP contribution is -2.37. The van der Waals surface area contributed by atoms with Gasteiger partial charge in [0.15, 0.2) is 5.96 Å². The molecule has 110 valence electrons. The number of hydrogen-bond acceptors (Lipinski definition) is 4. The maximum Gasteiger partial charge on any atom is 0.236 e. The number of nitrogens with two attached hydrogens (primary N) is 1. The SMILES string of the molecule is CCN(CC)C(N)=NCc1coc(-c2cccs2)n1.I. The molecule has 2 rings (SSSR count). The van der Waals surface area contributed by atoms with Crippen LogP contribution in [-0.2, 0) is 6.54 Å². The number of aliphatic imine (C=N–C) groups is 1. The maximum atomic E-state index is 5.91. The molecule has 0 atom stereocenters. The smallest absolute Gasteiger partial charge is 0.236 e. The van der Waals surface area contributed by atoms with Crippen LogP contribution in [-0.4, -0.2) is 28.9 Å². The van der Waals surface area contributed by atoms with Crippen LogP contribution in [0.1, 0.15) is 19.5 Å². The highest BCUT2D eigenvalue weighted by atomic mass is 127. The minimum Gasteiger partial charge on any atom is -0.443 e. The van der Waals surface area contributed by atoms with Crippen molar-refractivity contribution < 1.29 is 4.42 Å². The van der Waals surface area contributed by atoms with Gasteiger partial charge in [-0.25, -0.2) is 9.98 Å². The Hall–Kier alpha value is -1.09. The summed E-state index contributed by atoms with van der Waals surface area (Å²) in [4.78, 5) is 11.8. The number of nitrogens with zero attached hydrogens (tertiary/aromatic N) is 3. The quantitative estimate of drug-likeness (QED) is 0.471. The van der Waals surface area contributed by atoms with Crippen LogP contribution in [0.2, 0.25) is 0 Å². The zero-order chi connectivity index (χ0) is 13.7. The molecular formula is C13H19IN4OS. The summed E-state index contributed by atoms with van der Waals surface area (Å²) in [5.74, 6) is 1.19. The summed E-state index contributed by atoms with van der Waals surface area (Å²) in [5.41, 5.74) is 6.70. The van der Waals surface area contributed by atoms with E-state index >= 15 is 0 Å². The fraction of sp³-hybridized carbons (Fsp3) is 0.385. The number of halogens is 1. The molecule has 0 aliphatic carbocycles. The van der Waals surface area contributed by atoms with E-state index in [-0.39, 0.29) is 24.0 Å². The first kappa shape index (κ1) is 17.0. The van der Waals surface area contributed by atoms with Gasteiger partial charge in [-0.05, 0) is 25.3 Å². The maximum absolute atomic E-state index is 5.91. The summed E-state index contributed by atoms with van der Waals surface area (Å²) < 4.78 is 5.43. The van der Waals surface area contributed by atoms with Crippen LogP contribution in [0.5, 0.6) is 0 Å². The van der Waals surface area contributed by atoms with E-state index in [4.69, 9.17) is 10.2 Å². The van der Waals surface area contributed by atoms with Crippen LogP contribution in [0.15, 0.2) is 33.2 Å². The van der Waals surface area contributed by atoms with Crippen molar-refractivity contribution in [3.63, 3.8) is 0 Å². The van der Waals surface area contributed by atoms with Crippen molar-refractivity contribution in [3.05, 3.63) is 29.5 Å². The lowest BCUT2D eigenvalue weighted by Gasteiger charge is -2.18. The summed E-state index contributed by atoms with van der Waals surface area (Å²) in [6.45, 7) is 6.25. The Morgan fingerprint density at radius 3 is 2.80 bits per heavy atom. The highest BCUT2D eigenvalue weighted by molar-refractivity contribution is 14.0. The Bertz CT molecular complexity index is 534. The topological polar surface area (TPSA) is 67.7 Å². The molecule has 20 heavy (non-hydrogen) atoms. The minimum atomic E-state index is 0. The molecule has 5 nitrogen and oxygen atoms in total. The molecule has 0 aliphatic heterocycles. The molecule has 2 aromatic heterocycles. The van der Waals surface area contributed by atoms with Gasteiger partial charge in [0.05, 0.1) is 11.4 Å². The molecule has 0 spiro atoms. The molecule has 0 saturated carbocycles. The average molecular weight is 406 g/mol. The molecule has 0 aliphatic rings. The Morgan fingerprint density at radius 2 is 2.20 bits per heavy atom. The predicted octanol–water partition coefficient (Wildman–Crippen LogP) is 3.18. The van der Waals surface area contributed by atoms with Crippen molar-refractivity contribution in [2.75, 3.05) is 13.1 Å². The number of aromatic nitrogens is 1. The summed E-state index contributed by atoms with van der Waals surface area (Å²) in [7, 11) is 0. The number of oxazole rings is 1. The molecule has 0 unspecified atom stereocenters. The standard InChI is InChI=1S/C13H18N4OS.HI/c1-3-17(4-2)13(14)15-8-10-9-18-12(16-10)11-6-5-7-19-11;/h5-7,9H,3-4,8H2,1-2H3,(H2,14,15);1H. The van der Waals surface area contributed by atoms with Crippen molar-refractivity contribution in [1.82, 2.24) is 9.88 Å². The molecular weight excluding hydrogens is 387 g/mol. The number of guanidine groups is 1. The lowest BCUT2D eigenvalue weighted by molar-refractivity contribution is 0.458. The van der Waals surface area contributed by atoms with Crippen LogP contribution >= 0.6 is 35.3 Å². The van der Waals surface area contributed by atoms with Crippen LogP contribution in [0.3, 0.4) is 0 Å². The van der Waals surface area contributed by atoms with Gasteiger partial charge in [-0.15, -0.1) is 35.3 Å². The average Bonchev–Trinajstić information content (AvgIpc) is 3.08. The van der Waals surface area contributed by atoms with Crippen LogP contribution in [0.25, 0.3) is 10.8 Å². The summed E-state index contributed by atoms with van der Waals surface area (Å²) in [6.07, 6.45) is 1.63. The van der Waals surface area contributed by atoms with Crippen molar-refractivity contribution in [2.45, 2.75) is 20.4 Å². The van der Waals surface area contributed by atoms with Gasteiger partial charge >= 0.3 is 0 Å². The summed E-state index contributed by atoms with van der Waals surface area (Å²) in [6, 6.07) is 3.95. The van der Waals surface area contributed by atoms with Gasteiger partial charge < -0.3 is 15.1 Å². The Balaban J connectivity index is 0.00000200. The zero-order valence-electron chi connectivity index (χ0n) is 11.6. The first-order valence-electron chi connectivity index (χ1n) is 6.27. The van der Waals surface area contributed by atoms with Gasteiger partial charge in [-0.2, -0.15) is 0 Å². The van der Waals surface area contributed by atoms with Gasteiger partial charge in [0.1, 0.15) is 12.0 Å². The van der Waals surface area contributed by atoms with Crippen molar-refractivity contribution in [3.8, 4) is 10.8 Å². The van der Waals surface area contributed by atoms with E-state index in [1.54, 1.807) is 17.6 Å². The lowest BCUT2D eigenvalue weighted by atomic mass is 10.4. The third-order valence-electron chi connectivity index (χ3n) is 2.77. The molecule has 0 bridgehead atoms. The minimum absolute atomic E-state index is 0. The van der Waals surface area contributed by atoms with Gasteiger partial charge in [0, 0.05) is 13.1 Å². The molecule has 2 N–H and O–H groups in total. The van der Waals surface area contributed by atoms with Crippen LogP contribution in [0.4, 0.5) is 0 Å². The van der Waals surface area contributed by atoms with Crippen LogP contribution < -0.4 is 5.73 Å². The molecule has 0 radical (unpaired) electrons. The van der Waals surface area contributed by atoms with E-state index in [1.807, 2.05) is 22.4 Å². The van der Waals surface area contributed by atoms with Gasteiger partial charge in [-0.3, -0.25) is 0 Å². The molecule has 7 heteroatoms. The third kappa shape index (κ3) is 4.20. The van der Waals surface area contributed by atoms with E-state index in [0.717, 1.165) is 23.7 Å². The second kappa shape index (κ2) is 8.25. The number of rotatable bonds is 5. The summed E-state index contributed by atoms with van der Waals surface area (Å²) >= 11 is 1.60. The predicted molar refractivity (Wildman–Crippen MR) is 93.5 cm³/mol. The molecule has 2 heterocycles. The third-order valence-corrected chi connectivity index (χ3v) is 3.63. The normalized spacial score (nSPS) is 11.2.